The Morgan fingerprint density at radius 1 is 0.633 bits per heavy atom. The lowest BCUT2D eigenvalue weighted by Crippen LogP contribution is -2.25. The molecule has 2 N–H and O–H groups in total. The molecule has 30 heavy (non-hydrogen) atoms. The quantitative estimate of drug-likeness (QED) is 0.405. The molecule has 0 spiro atoms. The first-order valence-corrected chi connectivity index (χ1v) is 11.3. The van der Waals surface area contributed by atoms with Gasteiger partial charge in [-0.1, -0.05) is 72.4 Å². The standard InChI is InChI=1S/C24H30Cl2N2O2/c25-21-11-5-3-9-19(21)13-15-23(29)27-17-7-1-2-8-18-28-24(30)16-14-20-10-4-6-12-22(20)26/h3-6,9-12H,1-2,7-8,13-18H2,(H,27,29)(H,28,30). The maximum Gasteiger partial charge on any atom is 0.220 e. The molecular weight excluding hydrogens is 419 g/mol. The van der Waals surface area contributed by atoms with Crippen molar-refractivity contribution in [1.29, 1.82) is 0 Å². The summed E-state index contributed by atoms with van der Waals surface area (Å²) in [6, 6.07) is 15.2. The fourth-order valence-corrected chi connectivity index (χ4v) is 3.60. The van der Waals surface area contributed by atoms with E-state index in [-0.39, 0.29) is 11.8 Å². The lowest BCUT2D eigenvalue weighted by molar-refractivity contribution is -0.121. The second-order valence-corrected chi connectivity index (χ2v) is 8.11. The highest BCUT2D eigenvalue weighted by molar-refractivity contribution is 6.31. The number of halogens is 2. The fourth-order valence-electron chi connectivity index (χ4n) is 3.13. The minimum Gasteiger partial charge on any atom is -0.356 e. The van der Waals surface area contributed by atoms with Crippen LogP contribution in [0.5, 0.6) is 0 Å². The summed E-state index contributed by atoms with van der Waals surface area (Å²) in [5, 5.41) is 7.33. The molecule has 2 amide bonds. The van der Waals surface area contributed by atoms with E-state index in [0.717, 1.165) is 36.8 Å². The van der Waals surface area contributed by atoms with Crippen LogP contribution in [0.2, 0.25) is 10.0 Å². The highest BCUT2D eigenvalue weighted by Crippen LogP contribution is 2.17. The SMILES string of the molecule is O=C(CCc1ccccc1Cl)NCCCCCCNC(=O)CCc1ccccc1Cl. The average molecular weight is 449 g/mol. The molecule has 0 aliphatic rings. The molecule has 0 saturated carbocycles. The minimum atomic E-state index is 0.0562. The van der Waals surface area contributed by atoms with Crippen LogP contribution < -0.4 is 10.6 Å². The molecule has 0 aliphatic carbocycles. The lowest BCUT2D eigenvalue weighted by Gasteiger charge is -2.07. The molecule has 2 rings (SSSR count). The third kappa shape index (κ3) is 9.64. The highest BCUT2D eigenvalue weighted by Gasteiger charge is 2.05. The lowest BCUT2D eigenvalue weighted by atomic mass is 10.1. The van der Waals surface area contributed by atoms with Crippen molar-refractivity contribution >= 4 is 35.0 Å². The number of amides is 2. The zero-order valence-electron chi connectivity index (χ0n) is 17.3. The molecule has 4 nitrogen and oxygen atoms in total. The maximum atomic E-state index is 11.9. The van der Waals surface area contributed by atoms with Gasteiger partial charge in [0.25, 0.3) is 0 Å². The summed E-state index contributed by atoms with van der Waals surface area (Å²) >= 11 is 12.2. The Hall–Kier alpha value is -2.04. The smallest absolute Gasteiger partial charge is 0.220 e. The molecule has 0 aliphatic heterocycles. The van der Waals surface area contributed by atoms with Gasteiger partial charge in [-0.25, -0.2) is 0 Å². The second kappa shape index (κ2) is 14.1. The third-order valence-corrected chi connectivity index (χ3v) is 5.64. The molecule has 0 unspecified atom stereocenters. The predicted molar refractivity (Wildman–Crippen MR) is 124 cm³/mol. The van der Waals surface area contributed by atoms with E-state index in [1.54, 1.807) is 0 Å². The van der Waals surface area contributed by atoms with Gasteiger partial charge in [-0.2, -0.15) is 0 Å². The number of hydrogen-bond donors (Lipinski definition) is 2. The van der Waals surface area contributed by atoms with Crippen molar-refractivity contribution in [2.45, 2.75) is 51.4 Å². The molecule has 6 heteroatoms. The topological polar surface area (TPSA) is 58.2 Å². The number of nitrogens with one attached hydrogen (secondary N) is 2. The van der Waals surface area contributed by atoms with Crippen molar-refractivity contribution in [3.63, 3.8) is 0 Å². The first-order chi connectivity index (χ1) is 14.6. The molecule has 0 bridgehead atoms. The summed E-state index contributed by atoms with van der Waals surface area (Å²) in [4.78, 5) is 23.8. The van der Waals surface area contributed by atoms with Crippen molar-refractivity contribution in [2.24, 2.45) is 0 Å². The van der Waals surface area contributed by atoms with Crippen molar-refractivity contribution in [3.05, 3.63) is 69.7 Å². The van der Waals surface area contributed by atoms with Gasteiger partial charge < -0.3 is 10.6 Å². The summed E-state index contributed by atoms with van der Waals surface area (Å²) in [6.07, 6.45) is 6.15. The van der Waals surface area contributed by atoms with E-state index in [9.17, 15) is 9.59 Å². The van der Waals surface area contributed by atoms with Crippen molar-refractivity contribution in [2.75, 3.05) is 13.1 Å². The molecule has 0 heterocycles. The minimum absolute atomic E-state index is 0.0562. The Morgan fingerprint density at radius 2 is 1.03 bits per heavy atom. The van der Waals surface area contributed by atoms with Gasteiger partial charge in [-0.15, -0.1) is 0 Å². The number of benzene rings is 2. The van der Waals surface area contributed by atoms with Gasteiger partial charge in [0.05, 0.1) is 0 Å². The van der Waals surface area contributed by atoms with Crippen LogP contribution in [-0.4, -0.2) is 24.9 Å². The van der Waals surface area contributed by atoms with Crippen LogP contribution >= 0.6 is 23.2 Å². The van der Waals surface area contributed by atoms with Gasteiger partial charge in [0, 0.05) is 36.0 Å². The van der Waals surface area contributed by atoms with Crippen molar-refractivity contribution < 1.29 is 9.59 Å². The number of carbonyl (C=O) groups excluding carboxylic acids is 2. The van der Waals surface area contributed by atoms with Crippen LogP contribution in [0.4, 0.5) is 0 Å². The molecule has 2 aromatic rings. The molecule has 0 atom stereocenters. The third-order valence-electron chi connectivity index (χ3n) is 4.91. The fraction of sp³-hybridized carbons (Fsp3) is 0.417. The summed E-state index contributed by atoms with van der Waals surface area (Å²) in [5.74, 6) is 0.112. The van der Waals surface area contributed by atoms with Crippen LogP contribution in [0.3, 0.4) is 0 Å². The monoisotopic (exact) mass is 448 g/mol. The number of aryl methyl sites for hydroxylation is 2. The highest BCUT2D eigenvalue weighted by atomic mass is 35.5. The molecule has 0 fully saturated rings. The first-order valence-electron chi connectivity index (χ1n) is 10.6. The summed E-state index contributed by atoms with van der Waals surface area (Å²) in [5.41, 5.74) is 2.01. The largest absolute Gasteiger partial charge is 0.356 e. The van der Waals surface area contributed by atoms with E-state index in [2.05, 4.69) is 10.6 Å². The van der Waals surface area contributed by atoms with E-state index < -0.39 is 0 Å². The number of rotatable bonds is 13. The Bertz CT molecular complexity index is 744. The Morgan fingerprint density at radius 3 is 1.43 bits per heavy atom. The maximum absolute atomic E-state index is 11.9. The number of hydrogen-bond acceptors (Lipinski definition) is 2. The number of carbonyl (C=O) groups is 2. The van der Waals surface area contributed by atoms with E-state index in [1.165, 1.54) is 0 Å². The summed E-state index contributed by atoms with van der Waals surface area (Å²) < 4.78 is 0. The average Bonchev–Trinajstić information content (AvgIpc) is 2.74. The predicted octanol–water partition coefficient (Wildman–Crippen LogP) is 5.35. The molecule has 2 aromatic carbocycles. The van der Waals surface area contributed by atoms with E-state index in [4.69, 9.17) is 23.2 Å². The van der Waals surface area contributed by atoms with E-state index in [0.29, 0.717) is 48.8 Å². The van der Waals surface area contributed by atoms with Gasteiger partial charge in [0.15, 0.2) is 0 Å². The first kappa shape index (κ1) is 24.2. The van der Waals surface area contributed by atoms with Gasteiger partial charge in [0.1, 0.15) is 0 Å². The van der Waals surface area contributed by atoms with Gasteiger partial charge in [0.2, 0.25) is 11.8 Å². The second-order valence-electron chi connectivity index (χ2n) is 7.30. The molecule has 162 valence electrons. The van der Waals surface area contributed by atoms with Crippen LogP contribution in [0.1, 0.15) is 49.7 Å². The van der Waals surface area contributed by atoms with Crippen LogP contribution in [0, 0.1) is 0 Å². The van der Waals surface area contributed by atoms with Gasteiger partial charge in [-0.05, 0) is 48.9 Å². The Labute approximate surface area is 189 Å². The molecule has 0 aromatic heterocycles. The van der Waals surface area contributed by atoms with Crippen LogP contribution in [0.25, 0.3) is 0 Å². The summed E-state index contributed by atoms with van der Waals surface area (Å²) in [6.45, 7) is 1.37. The normalized spacial score (nSPS) is 10.6. The van der Waals surface area contributed by atoms with Crippen molar-refractivity contribution in [3.8, 4) is 0 Å². The van der Waals surface area contributed by atoms with E-state index >= 15 is 0 Å². The molecule has 0 radical (unpaired) electrons. The molecule has 0 saturated heterocycles. The molecular formula is C24H30Cl2N2O2. The van der Waals surface area contributed by atoms with Crippen LogP contribution in [0.15, 0.2) is 48.5 Å². The van der Waals surface area contributed by atoms with Crippen molar-refractivity contribution in [1.82, 2.24) is 10.6 Å². The Kier molecular flexibility index (Phi) is 11.3. The number of unbranched alkanes of at least 4 members (excludes halogenated alkanes) is 3. The zero-order valence-corrected chi connectivity index (χ0v) is 18.8. The zero-order chi connectivity index (χ0) is 21.6. The van der Waals surface area contributed by atoms with Gasteiger partial charge >= 0.3 is 0 Å². The Balaban J connectivity index is 1.43. The summed E-state index contributed by atoms with van der Waals surface area (Å²) in [7, 11) is 0. The van der Waals surface area contributed by atoms with Crippen LogP contribution in [-0.2, 0) is 22.4 Å². The van der Waals surface area contributed by atoms with E-state index in [1.807, 2.05) is 48.5 Å². The van der Waals surface area contributed by atoms with Gasteiger partial charge in [-0.3, -0.25) is 9.59 Å².